The van der Waals surface area contributed by atoms with Crippen LogP contribution in [0.4, 0.5) is 0 Å². The van der Waals surface area contributed by atoms with Crippen LogP contribution in [0.2, 0.25) is 0 Å². The van der Waals surface area contributed by atoms with Crippen molar-refractivity contribution in [2.24, 2.45) is 0 Å². The van der Waals surface area contributed by atoms with Crippen molar-refractivity contribution in [1.29, 1.82) is 0 Å². The second kappa shape index (κ2) is 3.89. The summed E-state index contributed by atoms with van der Waals surface area (Å²) in [6.07, 6.45) is 6.74. The lowest BCUT2D eigenvalue weighted by atomic mass is 9.82. The lowest BCUT2D eigenvalue weighted by Crippen LogP contribution is -2.07. The van der Waals surface area contributed by atoms with Gasteiger partial charge in [-0.25, -0.2) is 0 Å². The zero-order valence-electron chi connectivity index (χ0n) is 9.66. The van der Waals surface area contributed by atoms with Crippen molar-refractivity contribution in [2.75, 3.05) is 0 Å². The average molecular weight is 215 g/mol. The molecule has 0 spiro atoms. The molecule has 3 nitrogen and oxygen atoms in total. The highest BCUT2D eigenvalue weighted by atomic mass is 15.3. The highest BCUT2D eigenvalue weighted by Crippen LogP contribution is 2.37. The molecule has 3 rings (SSSR count). The fraction of sp³-hybridized carbons (Fsp3) is 0.538. The van der Waals surface area contributed by atoms with Gasteiger partial charge in [-0.2, -0.15) is 15.4 Å². The molecule has 0 amide bonds. The lowest BCUT2D eigenvalue weighted by Gasteiger charge is -2.23. The number of hydrogen-bond donors (Lipinski definition) is 1. The number of nitrogens with zero attached hydrogens (tertiary/aromatic N) is 2. The average Bonchev–Trinajstić information content (AvgIpc) is 2.78. The molecule has 1 heterocycles. The van der Waals surface area contributed by atoms with E-state index in [0.717, 1.165) is 11.0 Å². The van der Waals surface area contributed by atoms with Gasteiger partial charge in [0.25, 0.3) is 0 Å². The highest BCUT2D eigenvalue weighted by molar-refractivity contribution is 5.79. The molecule has 0 bridgehead atoms. The maximum Gasteiger partial charge on any atom is 0.116 e. The van der Waals surface area contributed by atoms with Gasteiger partial charge < -0.3 is 0 Å². The van der Waals surface area contributed by atoms with E-state index in [4.69, 9.17) is 0 Å². The van der Waals surface area contributed by atoms with Crippen LogP contribution in [0.15, 0.2) is 12.1 Å². The Morgan fingerprint density at radius 1 is 1.12 bits per heavy atom. The molecule has 0 saturated heterocycles. The minimum Gasteiger partial charge on any atom is -0.197 e. The first-order valence-corrected chi connectivity index (χ1v) is 6.16. The van der Waals surface area contributed by atoms with Crippen molar-refractivity contribution in [1.82, 2.24) is 15.4 Å². The zero-order chi connectivity index (χ0) is 11.0. The lowest BCUT2D eigenvalue weighted by molar-refractivity contribution is 0.444. The summed E-state index contributed by atoms with van der Waals surface area (Å²) in [5.41, 5.74) is 4.90. The molecule has 0 atom stereocenters. The summed E-state index contributed by atoms with van der Waals surface area (Å²) in [6, 6.07) is 4.23. The molecule has 1 aliphatic rings. The molecule has 1 aliphatic carbocycles. The Morgan fingerprint density at radius 2 is 1.94 bits per heavy atom. The van der Waals surface area contributed by atoms with Gasteiger partial charge in [-0.05, 0) is 42.9 Å². The Balaban J connectivity index is 2.12. The smallest absolute Gasteiger partial charge is 0.116 e. The highest BCUT2D eigenvalue weighted by Gasteiger charge is 2.20. The Kier molecular flexibility index (Phi) is 2.39. The van der Waals surface area contributed by atoms with Gasteiger partial charge in [0.05, 0.1) is 0 Å². The first-order valence-electron chi connectivity index (χ1n) is 6.16. The number of aryl methyl sites for hydroxylation is 1. The molecule has 1 aromatic heterocycles. The summed E-state index contributed by atoms with van der Waals surface area (Å²) >= 11 is 0. The van der Waals surface area contributed by atoms with Gasteiger partial charge in [-0.15, -0.1) is 0 Å². The molecule has 2 aromatic rings. The van der Waals surface area contributed by atoms with Gasteiger partial charge in [-0.3, -0.25) is 0 Å². The first-order chi connectivity index (χ1) is 7.86. The van der Waals surface area contributed by atoms with E-state index in [2.05, 4.69) is 34.5 Å². The summed E-state index contributed by atoms with van der Waals surface area (Å²) in [5, 5.41) is 11.2. The van der Waals surface area contributed by atoms with Crippen LogP contribution in [-0.4, -0.2) is 15.4 Å². The zero-order valence-corrected chi connectivity index (χ0v) is 9.66. The molecule has 0 radical (unpaired) electrons. The van der Waals surface area contributed by atoms with Crippen LogP contribution in [0.5, 0.6) is 0 Å². The second-order valence-corrected chi connectivity index (χ2v) is 4.82. The van der Waals surface area contributed by atoms with Crippen LogP contribution >= 0.6 is 0 Å². The number of fused-ring (bicyclic) bond motifs is 1. The van der Waals surface area contributed by atoms with Gasteiger partial charge in [0.15, 0.2) is 0 Å². The maximum absolute atomic E-state index is 4.32. The minimum atomic E-state index is 0.697. The monoisotopic (exact) mass is 215 g/mol. The molecule has 16 heavy (non-hydrogen) atoms. The number of hydrogen-bond acceptors (Lipinski definition) is 2. The van der Waals surface area contributed by atoms with Crippen molar-refractivity contribution in [3.63, 3.8) is 0 Å². The molecule has 1 N–H and O–H groups in total. The van der Waals surface area contributed by atoms with Gasteiger partial charge in [0, 0.05) is 0 Å². The SMILES string of the molecule is Cc1ccc2n[nH]nc2c1C1CCCCC1. The van der Waals surface area contributed by atoms with E-state index in [1.165, 1.54) is 43.2 Å². The molecule has 0 unspecified atom stereocenters. The van der Waals surface area contributed by atoms with Gasteiger partial charge in [-0.1, -0.05) is 25.3 Å². The van der Waals surface area contributed by atoms with Crippen molar-refractivity contribution in [3.8, 4) is 0 Å². The van der Waals surface area contributed by atoms with E-state index in [1.807, 2.05) is 0 Å². The van der Waals surface area contributed by atoms with Crippen LogP contribution < -0.4 is 0 Å². The molecular weight excluding hydrogens is 198 g/mol. The van der Waals surface area contributed by atoms with E-state index >= 15 is 0 Å². The standard InChI is InChI=1S/C13H17N3/c1-9-7-8-11-13(15-16-14-11)12(9)10-5-3-2-4-6-10/h7-8,10H,2-6H2,1H3,(H,14,15,16). The number of rotatable bonds is 1. The third-order valence-corrected chi connectivity index (χ3v) is 3.76. The molecule has 84 valence electrons. The minimum absolute atomic E-state index is 0.697. The number of nitrogens with one attached hydrogen (secondary N) is 1. The molecular formula is C13H17N3. The van der Waals surface area contributed by atoms with Crippen molar-refractivity contribution in [3.05, 3.63) is 23.3 Å². The van der Waals surface area contributed by atoms with E-state index in [0.29, 0.717) is 5.92 Å². The van der Waals surface area contributed by atoms with E-state index in [-0.39, 0.29) is 0 Å². The number of H-pyrrole nitrogens is 1. The molecule has 3 heteroatoms. The number of aromatic amines is 1. The summed E-state index contributed by atoms with van der Waals surface area (Å²) in [7, 11) is 0. The normalized spacial score (nSPS) is 18.1. The van der Waals surface area contributed by atoms with E-state index < -0.39 is 0 Å². The predicted octanol–water partition coefficient (Wildman–Crippen LogP) is 3.31. The number of aromatic nitrogens is 3. The Morgan fingerprint density at radius 3 is 2.75 bits per heavy atom. The molecule has 1 aromatic carbocycles. The third kappa shape index (κ3) is 1.51. The van der Waals surface area contributed by atoms with Crippen molar-refractivity contribution >= 4 is 11.0 Å². The Labute approximate surface area is 95.2 Å². The van der Waals surface area contributed by atoms with Crippen LogP contribution in [0.1, 0.15) is 49.1 Å². The Hall–Kier alpha value is -1.38. The molecule has 1 saturated carbocycles. The second-order valence-electron chi connectivity index (χ2n) is 4.82. The fourth-order valence-corrected chi connectivity index (χ4v) is 2.94. The van der Waals surface area contributed by atoms with Crippen LogP contribution in [0.3, 0.4) is 0 Å². The largest absolute Gasteiger partial charge is 0.197 e. The summed E-state index contributed by atoms with van der Waals surface area (Å²) in [4.78, 5) is 0. The predicted molar refractivity (Wildman–Crippen MR) is 64.5 cm³/mol. The summed E-state index contributed by atoms with van der Waals surface area (Å²) in [5.74, 6) is 0.697. The maximum atomic E-state index is 4.32. The third-order valence-electron chi connectivity index (χ3n) is 3.76. The van der Waals surface area contributed by atoms with E-state index in [9.17, 15) is 0 Å². The molecule has 0 aliphatic heterocycles. The first kappa shape index (κ1) is 9.82. The van der Waals surface area contributed by atoms with Gasteiger partial charge >= 0.3 is 0 Å². The number of benzene rings is 1. The van der Waals surface area contributed by atoms with E-state index in [1.54, 1.807) is 0 Å². The summed E-state index contributed by atoms with van der Waals surface area (Å²) in [6.45, 7) is 2.19. The topological polar surface area (TPSA) is 41.6 Å². The summed E-state index contributed by atoms with van der Waals surface area (Å²) < 4.78 is 0. The van der Waals surface area contributed by atoms with Crippen molar-refractivity contribution < 1.29 is 0 Å². The quantitative estimate of drug-likeness (QED) is 0.792. The van der Waals surface area contributed by atoms with Gasteiger partial charge in [0.1, 0.15) is 11.0 Å². The Bertz CT molecular complexity index is 495. The van der Waals surface area contributed by atoms with Crippen LogP contribution in [0, 0.1) is 6.92 Å². The van der Waals surface area contributed by atoms with Crippen LogP contribution in [-0.2, 0) is 0 Å². The fourth-order valence-electron chi connectivity index (χ4n) is 2.94. The van der Waals surface area contributed by atoms with Crippen LogP contribution in [0.25, 0.3) is 11.0 Å². The van der Waals surface area contributed by atoms with Crippen molar-refractivity contribution in [2.45, 2.75) is 44.9 Å². The molecule has 1 fully saturated rings. The van der Waals surface area contributed by atoms with Gasteiger partial charge in [0.2, 0.25) is 0 Å².